The number of ether oxygens (including phenoxy) is 1. The second-order valence-electron chi connectivity index (χ2n) is 4.50. The van der Waals surface area contributed by atoms with Gasteiger partial charge in [0.1, 0.15) is 12.0 Å². The summed E-state index contributed by atoms with van der Waals surface area (Å²) in [7, 11) is 0.500. The number of nitrogens with two attached hydrogens (primary N) is 1. The predicted octanol–water partition coefficient (Wildman–Crippen LogP) is 1.07. The van der Waals surface area contributed by atoms with Crippen molar-refractivity contribution in [1.29, 1.82) is 0 Å². The zero-order chi connectivity index (χ0) is 15.5. The van der Waals surface area contributed by atoms with Crippen molar-refractivity contribution in [2.75, 3.05) is 19.5 Å². The van der Waals surface area contributed by atoms with Crippen molar-refractivity contribution >= 4 is 17.4 Å². The van der Waals surface area contributed by atoms with Gasteiger partial charge in [-0.3, -0.25) is 8.96 Å². The summed E-state index contributed by atoms with van der Waals surface area (Å²) in [5, 5.41) is 9.18. The summed E-state index contributed by atoms with van der Waals surface area (Å²) in [6.45, 7) is 1.23. The molecule has 1 fully saturated rings. The van der Waals surface area contributed by atoms with Gasteiger partial charge in [-0.1, -0.05) is 11.6 Å². The molecule has 0 aromatic carbocycles. The second-order valence-corrected chi connectivity index (χ2v) is 4.91. The van der Waals surface area contributed by atoms with E-state index in [0.717, 1.165) is 4.57 Å². The molecule has 3 N–H and O–H groups in total. The third-order valence-electron chi connectivity index (χ3n) is 2.88. The largest absolute Gasteiger partial charge is 0.393 e. The number of aliphatic hydroxyl groups is 1. The number of anilines is 1. The molecular formula is C11H16ClF2N3O3. The van der Waals surface area contributed by atoms with Crippen LogP contribution in [0.5, 0.6) is 0 Å². The van der Waals surface area contributed by atoms with Crippen LogP contribution in [-0.4, -0.2) is 40.2 Å². The molecule has 9 heteroatoms. The molecule has 0 bridgehead atoms. The molecule has 0 amide bonds. The van der Waals surface area contributed by atoms with Gasteiger partial charge in [-0.05, 0) is 6.92 Å². The van der Waals surface area contributed by atoms with Crippen LogP contribution in [0.3, 0.4) is 0 Å². The van der Waals surface area contributed by atoms with Crippen molar-refractivity contribution in [3.8, 4) is 0 Å². The number of hydrogen-bond donors (Lipinski definition) is 2. The van der Waals surface area contributed by atoms with Gasteiger partial charge in [0.25, 0.3) is 0 Å². The van der Waals surface area contributed by atoms with Crippen molar-refractivity contribution in [2.45, 2.75) is 31.3 Å². The maximum Gasteiger partial charge on any atom is 0.351 e. The van der Waals surface area contributed by atoms with Crippen LogP contribution in [0.4, 0.5) is 14.6 Å². The monoisotopic (exact) mass is 311 g/mol. The lowest BCUT2D eigenvalue weighted by atomic mass is 10.0. The molecule has 0 radical (unpaired) electrons. The highest BCUT2D eigenvalue weighted by Gasteiger charge is 2.44. The number of hydrogen-bond acceptors (Lipinski definition) is 5. The molecule has 114 valence electrons. The lowest BCUT2D eigenvalue weighted by Gasteiger charge is -2.22. The zero-order valence-corrected chi connectivity index (χ0v) is 11.8. The first-order chi connectivity index (χ1) is 9.36. The molecule has 1 saturated heterocycles. The average Bonchev–Trinajstić information content (AvgIpc) is 2.72. The Kier molecular flexibility index (Phi) is 5.43. The lowest BCUT2D eigenvalue weighted by Crippen LogP contribution is -2.33. The molecule has 6 nitrogen and oxygen atoms in total. The van der Waals surface area contributed by atoms with E-state index in [0.29, 0.717) is 7.18 Å². The number of rotatable bonds is 2. The van der Waals surface area contributed by atoms with Crippen LogP contribution in [-0.2, 0) is 4.74 Å². The number of alkyl halides is 2. The highest BCUT2D eigenvalue weighted by molar-refractivity contribution is 6.32. The molecule has 0 saturated carbocycles. The van der Waals surface area contributed by atoms with Crippen LogP contribution in [0.1, 0.15) is 19.6 Å². The van der Waals surface area contributed by atoms with E-state index in [1.54, 1.807) is 6.92 Å². The third-order valence-corrected chi connectivity index (χ3v) is 3.18. The van der Waals surface area contributed by atoms with E-state index in [4.69, 9.17) is 27.2 Å². The van der Waals surface area contributed by atoms with Crippen molar-refractivity contribution in [3.63, 3.8) is 0 Å². The Morgan fingerprint density at radius 2 is 2.30 bits per heavy atom. The van der Waals surface area contributed by atoms with Crippen molar-refractivity contribution in [1.82, 2.24) is 9.55 Å². The van der Waals surface area contributed by atoms with Crippen LogP contribution in [0, 0.1) is 0 Å². The molecule has 1 aliphatic rings. The first-order valence-corrected chi connectivity index (χ1v) is 6.09. The minimum atomic E-state index is -1.43. The quantitative estimate of drug-likeness (QED) is 0.852. The highest BCUT2D eigenvalue weighted by atomic mass is 35.5. The Hall–Kier alpha value is -1.25. The first-order valence-electron chi connectivity index (χ1n) is 5.71. The number of aromatic nitrogens is 2. The zero-order valence-electron chi connectivity index (χ0n) is 11.0. The maximum atomic E-state index is 13.9. The second kappa shape index (κ2) is 6.47. The standard InChI is InChI=1S/C10H13ClFN3O3.CH3F/c1-10(4-16)2-6(12)8(18-10)15-3-5(11)7(13)14-9(15)17;1-2/h3,6,8,16H,2,4H2,1H3,(H2,13,14,17);1H3/t6?,8?,10-;/m0./s1. The van der Waals surface area contributed by atoms with Crippen LogP contribution >= 0.6 is 11.6 Å². The molecule has 1 aromatic rings. The predicted molar refractivity (Wildman–Crippen MR) is 70.1 cm³/mol. The SMILES string of the molecule is CF.C[C@@]1(CO)CC(F)C(n2cc(Cl)c(N)nc2=O)O1. The molecule has 1 aromatic heterocycles. The van der Waals surface area contributed by atoms with Gasteiger partial charge in [0.05, 0.1) is 24.4 Å². The van der Waals surface area contributed by atoms with Crippen LogP contribution in [0.25, 0.3) is 0 Å². The third kappa shape index (κ3) is 3.25. The molecule has 2 rings (SSSR count). The molecule has 0 aliphatic carbocycles. The molecule has 20 heavy (non-hydrogen) atoms. The Labute approximate surface area is 119 Å². The fraction of sp³-hybridized carbons (Fsp3) is 0.636. The fourth-order valence-electron chi connectivity index (χ4n) is 1.90. The first kappa shape index (κ1) is 16.8. The normalized spacial score (nSPS) is 28.9. The maximum absolute atomic E-state index is 13.9. The summed E-state index contributed by atoms with van der Waals surface area (Å²) in [6, 6.07) is 0. The molecule has 2 unspecified atom stereocenters. The number of halogens is 3. The van der Waals surface area contributed by atoms with E-state index in [1.807, 2.05) is 0 Å². The van der Waals surface area contributed by atoms with E-state index in [2.05, 4.69) is 4.98 Å². The minimum absolute atomic E-state index is 0.0113. The Morgan fingerprint density at radius 3 is 2.80 bits per heavy atom. The van der Waals surface area contributed by atoms with Gasteiger partial charge in [-0.2, -0.15) is 4.98 Å². The van der Waals surface area contributed by atoms with Crippen molar-refractivity contribution in [2.24, 2.45) is 0 Å². The van der Waals surface area contributed by atoms with E-state index in [-0.39, 0.29) is 23.9 Å². The van der Waals surface area contributed by atoms with Crippen LogP contribution < -0.4 is 11.4 Å². The van der Waals surface area contributed by atoms with Gasteiger partial charge in [0.2, 0.25) is 0 Å². The van der Waals surface area contributed by atoms with E-state index < -0.39 is 23.7 Å². The van der Waals surface area contributed by atoms with Crippen molar-refractivity contribution in [3.05, 3.63) is 21.7 Å². The number of nitrogen functional groups attached to an aromatic ring is 1. The summed E-state index contributed by atoms with van der Waals surface area (Å²) < 4.78 is 29.7. The summed E-state index contributed by atoms with van der Waals surface area (Å²) in [6.07, 6.45) is -1.41. The van der Waals surface area contributed by atoms with Gasteiger partial charge >= 0.3 is 5.69 Å². The van der Waals surface area contributed by atoms with E-state index >= 15 is 0 Å². The smallest absolute Gasteiger partial charge is 0.351 e. The molecule has 3 atom stereocenters. The summed E-state index contributed by atoms with van der Waals surface area (Å²) in [5.41, 5.74) is 3.61. The topological polar surface area (TPSA) is 90.4 Å². The molecular weight excluding hydrogens is 296 g/mol. The fourth-order valence-corrected chi connectivity index (χ4v) is 2.05. The van der Waals surface area contributed by atoms with E-state index in [9.17, 15) is 13.6 Å². The number of aliphatic hydroxyl groups excluding tert-OH is 1. The Balaban J connectivity index is 0.000000956. The average molecular weight is 312 g/mol. The van der Waals surface area contributed by atoms with Crippen LogP contribution in [0.15, 0.2) is 11.0 Å². The van der Waals surface area contributed by atoms with E-state index in [1.165, 1.54) is 6.20 Å². The van der Waals surface area contributed by atoms with Crippen molar-refractivity contribution < 1.29 is 18.6 Å². The molecule has 0 spiro atoms. The molecule has 2 heterocycles. The van der Waals surface area contributed by atoms with Gasteiger partial charge in [-0.25, -0.2) is 9.18 Å². The summed E-state index contributed by atoms with van der Waals surface area (Å²) in [4.78, 5) is 15.1. The van der Waals surface area contributed by atoms with Gasteiger partial charge < -0.3 is 15.6 Å². The number of nitrogens with zero attached hydrogens (tertiary/aromatic N) is 2. The van der Waals surface area contributed by atoms with Gasteiger partial charge in [0.15, 0.2) is 6.23 Å². The lowest BCUT2D eigenvalue weighted by molar-refractivity contribution is -0.0951. The Morgan fingerprint density at radius 1 is 1.70 bits per heavy atom. The summed E-state index contributed by atoms with van der Waals surface area (Å²) >= 11 is 5.74. The minimum Gasteiger partial charge on any atom is -0.393 e. The summed E-state index contributed by atoms with van der Waals surface area (Å²) in [5.74, 6) is -0.115. The molecule has 1 aliphatic heterocycles. The van der Waals surface area contributed by atoms with Crippen LogP contribution in [0.2, 0.25) is 5.02 Å². The van der Waals surface area contributed by atoms with Gasteiger partial charge in [-0.15, -0.1) is 0 Å². The van der Waals surface area contributed by atoms with Gasteiger partial charge in [0, 0.05) is 12.6 Å². The Bertz CT molecular complexity index is 528. The highest BCUT2D eigenvalue weighted by Crippen LogP contribution is 2.37.